The largest absolute Gasteiger partial charge is 0.418 e. The van der Waals surface area contributed by atoms with E-state index in [0.717, 1.165) is 7.11 Å². The molecule has 0 aliphatic rings. The standard InChI is InChI=1S/C9H8ClF3O/c1-14-8(9(11,12)13)6-2-4-7(10)5-3-6/h2-5,8H,1H3. The van der Waals surface area contributed by atoms with Gasteiger partial charge in [0.2, 0.25) is 0 Å². The Hall–Kier alpha value is -0.740. The highest BCUT2D eigenvalue weighted by atomic mass is 35.5. The van der Waals surface area contributed by atoms with Crippen LogP contribution in [0.1, 0.15) is 11.7 Å². The van der Waals surface area contributed by atoms with Gasteiger partial charge < -0.3 is 4.74 Å². The van der Waals surface area contributed by atoms with Crippen molar-refractivity contribution < 1.29 is 17.9 Å². The van der Waals surface area contributed by atoms with Gasteiger partial charge in [-0.2, -0.15) is 13.2 Å². The van der Waals surface area contributed by atoms with E-state index >= 15 is 0 Å². The number of methoxy groups -OCH3 is 1. The summed E-state index contributed by atoms with van der Waals surface area (Å²) in [5.74, 6) is 0. The Balaban J connectivity index is 2.96. The zero-order chi connectivity index (χ0) is 10.8. The van der Waals surface area contributed by atoms with Crippen molar-refractivity contribution in [3.63, 3.8) is 0 Å². The molecule has 0 amide bonds. The zero-order valence-corrected chi connectivity index (χ0v) is 8.06. The quantitative estimate of drug-likeness (QED) is 0.746. The molecule has 78 valence electrons. The molecule has 0 radical (unpaired) electrons. The summed E-state index contributed by atoms with van der Waals surface area (Å²) in [6, 6.07) is 5.39. The van der Waals surface area contributed by atoms with Crippen LogP contribution in [0.2, 0.25) is 5.02 Å². The van der Waals surface area contributed by atoms with Crippen LogP contribution in [-0.2, 0) is 4.74 Å². The highest BCUT2D eigenvalue weighted by Gasteiger charge is 2.40. The second-order valence-corrected chi connectivity index (χ2v) is 3.15. The van der Waals surface area contributed by atoms with E-state index in [-0.39, 0.29) is 5.56 Å². The van der Waals surface area contributed by atoms with Crippen LogP contribution in [0.4, 0.5) is 13.2 Å². The predicted molar refractivity (Wildman–Crippen MR) is 47.3 cm³/mol. The first kappa shape index (κ1) is 11.3. The van der Waals surface area contributed by atoms with Gasteiger partial charge in [0.15, 0.2) is 6.10 Å². The molecule has 1 unspecified atom stereocenters. The number of hydrogen-bond donors (Lipinski definition) is 0. The van der Waals surface area contributed by atoms with Gasteiger partial charge in [0.25, 0.3) is 0 Å². The lowest BCUT2D eigenvalue weighted by molar-refractivity contribution is -0.215. The van der Waals surface area contributed by atoms with Crippen molar-refractivity contribution in [2.24, 2.45) is 0 Å². The minimum absolute atomic E-state index is 0.0457. The lowest BCUT2D eigenvalue weighted by atomic mass is 10.1. The van der Waals surface area contributed by atoms with Gasteiger partial charge >= 0.3 is 6.18 Å². The van der Waals surface area contributed by atoms with E-state index in [4.69, 9.17) is 11.6 Å². The number of alkyl halides is 3. The molecule has 0 aliphatic carbocycles. The molecule has 1 atom stereocenters. The van der Waals surface area contributed by atoms with Gasteiger partial charge in [0.1, 0.15) is 0 Å². The van der Waals surface area contributed by atoms with Crippen molar-refractivity contribution in [3.05, 3.63) is 34.9 Å². The fourth-order valence-electron chi connectivity index (χ4n) is 1.10. The zero-order valence-electron chi connectivity index (χ0n) is 7.31. The second-order valence-electron chi connectivity index (χ2n) is 2.71. The molecule has 0 aromatic heterocycles. The van der Waals surface area contributed by atoms with Crippen molar-refractivity contribution in [1.29, 1.82) is 0 Å². The maximum Gasteiger partial charge on any atom is 0.418 e. The van der Waals surface area contributed by atoms with Gasteiger partial charge in [0.05, 0.1) is 0 Å². The van der Waals surface area contributed by atoms with Gasteiger partial charge in [-0.15, -0.1) is 0 Å². The highest BCUT2D eigenvalue weighted by molar-refractivity contribution is 6.30. The fourth-order valence-corrected chi connectivity index (χ4v) is 1.22. The molecule has 5 heteroatoms. The van der Waals surface area contributed by atoms with Gasteiger partial charge in [-0.1, -0.05) is 23.7 Å². The van der Waals surface area contributed by atoms with E-state index in [1.54, 1.807) is 0 Å². The number of halogens is 4. The van der Waals surface area contributed by atoms with Gasteiger partial charge in [0, 0.05) is 12.1 Å². The highest BCUT2D eigenvalue weighted by Crippen LogP contribution is 2.35. The molecule has 0 aliphatic heterocycles. The molecule has 0 spiro atoms. The van der Waals surface area contributed by atoms with Crippen LogP contribution in [-0.4, -0.2) is 13.3 Å². The Morgan fingerprint density at radius 1 is 1.21 bits per heavy atom. The Bertz CT molecular complexity index is 294. The summed E-state index contributed by atoms with van der Waals surface area (Å²) in [6.45, 7) is 0. The first-order valence-corrected chi connectivity index (χ1v) is 4.18. The predicted octanol–water partition coefficient (Wildman–Crippen LogP) is 3.59. The summed E-state index contributed by atoms with van der Waals surface area (Å²) >= 11 is 5.55. The molecule has 1 rings (SSSR count). The molecule has 1 aromatic rings. The molecule has 0 saturated heterocycles. The molecular formula is C9H8ClF3O. The Morgan fingerprint density at radius 3 is 2.07 bits per heavy atom. The first-order chi connectivity index (χ1) is 6.45. The minimum atomic E-state index is -4.40. The van der Waals surface area contributed by atoms with Crippen molar-refractivity contribution in [2.45, 2.75) is 12.3 Å². The molecule has 0 bridgehead atoms. The van der Waals surface area contributed by atoms with Gasteiger partial charge in [-0.05, 0) is 17.7 Å². The summed E-state index contributed by atoms with van der Waals surface area (Å²) in [4.78, 5) is 0. The van der Waals surface area contributed by atoms with Crippen LogP contribution < -0.4 is 0 Å². The van der Waals surface area contributed by atoms with E-state index < -0.39 is 12.3 Å². The van der Waals surface area contributed by atoms with Crippen LogP contribution in [0.25, 0.3) is 0 Å². The molecular weight excluding hydrogens is 217 g/mol. The van der Waals surface area contributed by atoms with Gasteiger partial charge in [-0.25, -0.2) is 0 Å². The summed E-state index contributed by atoms with van der Waals surface area (Å²) in [6.07, 6.45) is -6.29. The van der Waals surface area contributed by atoms with Crippen LogP contribution in [0, 0.1) is 0 Å². The number of rotatable bonds is 2. The van der Waals surface area contributed by atoms with Crippen molar-refractivity contribution in [1.82, 2.24) is 0 Å². The summed E-state index contributed by atoms with van der Waals surface area (Å²) in [5.41, 5.74) is 0.0457. The third-order valence-electron chi connectivity index (χ3n) is 1.71. The lowest BCUT2D eigenvalue weighted by Crippen LogP contribution is -2.22. The van der Waals surface area contributed by atoms with E-state index in [1.807, 2.05) is 0 Å². The van der Waals surface area contributed by atoms with Crippen LogP contribution in [0.15, 0.2) is 24.3 Å². The average Bonchev–Trinajstić information content (AvgIpc) is 2.07. The van der Waals surface area contributed by atoms with E-state index in [0.29, 0.717) is 5.02 Å². The smallest absolute Gasteiger partial charge is 0.367 e. The third kappa shape index (κ3) is 2.62. The molecule has 0 saturated carbocycles. The minimum Gasteiger partial charge on any atom is -0.367 e. The Morgan fingerprint density at radius 2 is 1.71 bits per heavy atom. The van der Waals surface area contributed by atoms with E-state index in [1.165, 1.54) is 24.3 Å². The average molecular weight is 225 g/mol. The summed E-state index contributed by atoms with van der Waals surface area (Å²) in [7, 11) is 1.02. The van der Waals surface area contributed by atoms with Crippen molar-refractivity contribution in [2.75, 3.05) is 7.11 Å². The summed E-state index contributed by atoms with van der Waals surface area (Å²) in [5, 5.41) is 0.394. The second kappa shape index (κ2) is 4.19. The normalized spacial score (nSPS) is 14.1. The molecule has 1 aromatic carbocycles. The molecule has 0 N–H and O–H groups in total. The van der Waals surface area contributed by atoms with E-state index in [9.17, 15) is 13.2 Å². The Labute approximate surface area is 84.4 Å². The summed E-state index contributed by atoms with van der Waals surface area (Å²) < 4.78 is 41.4. The maximum atomic E-state index is 12.3. The maximum absolute atomic E-state index is 12.3. The topological polar surface area (TPSA) is 9.23 Å². The Kier molecular flexibility index (Phi) is 3.39. The van der Waals surface area contributed by atoms with Crippen molar-refractivity contribution in [3.8, 4) is 0 Å². The number of hydrogen-bond acceptors (Lipinski definition) is 1. The van der Waals surface area contributed by atoms with Gasteiger partial charge in [-0.3, -0.25) is 0 Å². The molecule has 0 heterocycles. The number of ether oxygens (including phenoxy) is 1. The monoisotopic (exact) mass is 224 g/mol. The van der Waals surface area contributed by atoms with E-state index in [2.05, 4.69) is 4.74 Å². The van der Waals surface area contributed by atoms with Crippen LogP contribution in [0.5, 0.6) is 0 Å². The molecule has 14 heavy (non-hydrogen) atoms. The fraction of sp³-hybridized carbons (Fsp3) is 0.333. The third-order valence-corrected chi connectivity index (χ3v) is 1.96. The molecule has 1 nitrogen and oxygen atoms in total. The first-order valence-electron chi connectivity index (χ1n) is 3.80. The van der Waals surface area contributed by atoms with Crippen molar-refractivity contribution >= 4 is 11.6 Å². The van der Waals surface area contributed by atoms with Crippen LogP contribution in [0.3, 0.4) is 0 Å². The molecule has 0 fully saturated rings. The SMILES string of the molecule is COC(c1ccc(Cl)cc1)C(F)(F)F. The number of benzene rings is 1. The lowest BCUT2D eigenvalue weighted by Gasteiger charge is -2.18. The van der Waals surface area contributed by atoms with Crippen LogP contribution >= 0.6 is 11.6 Å².